The predicted octanol–water partition coefficient (Wildman–Crippen LogP) is 14.1. The van der Waals surface area contributed by atoms with Gasteiger partial charge in [-0.05, 0) is 142 Å². The molecule has 390 valence electrons. The van der Waals surface area contributed by atoms with E-state index in [4.69, 9.17) is 14.2 Å². The number of halogens is 12. The Kier molecular flexibility index (Phi) is 17.8. The van der Waals surface area contributed by atoms with Gasteiger partial charge in [0.15, 0.2) is 0 Å². The molecule has 6 nitrogen and oxygen atoms in total. The van der Waals surface area contributed by atoms with Crippen LogP contribution in [0.3, 0.4) is 0 Å². The first-order valence-corrected chi connectivity index (χ1v) is 23.6. The molecular formula is C53H60F12N2O4. The van der Waals surface area contributed by atoms with Crippen molar-refractivity contribution in [2.24, 2.45) is 11.8 Å². The Hall–Kier alpha value is -4.97. The van der Waals surface area contributed by atoms with Gasteiger partial charge in [0.1, 0.15) is 11.5 Å². The second-order valence-corrected chi connectivity index (χ2v) is 19.0. The lowest BCUT2D eigenvalue weighted by molar-refractivity contribution is -0.140. The average Bonchev–Trinajstić information content (AvgIpc) is 4.11. The highest BCUT2D eigenvalue weighted by atomic mass is 19.4. The van der Waals surface area contributed by atoms with Crippen LogP contribution in [0.15, 0.2) is 97.1 Å². The minimum absolute atomic E-state index is 0. The molecule has 0 aromatic heterocycles. The maximum atomic E-state index is 13.3. The van der Waals surface area contributed by atoms with E-state index >= 15 is 0 Å². The molecule has 71 heavy (non-hydrogen) atoms. The van der Waals surface area contributed by atoms with E-state index in [1.54, 1.807) is 17.0 Å². The lowest BCUT2D eigenvalue weighted by Gasteiger charge is -2.45. The summed E-state index contributed by atoms with van der Waals surface area (Å²) in [4.78, 5) is 17.4. The lowest BCUT2D eigenvalue weighted by atomic mass is 9.63. The number of benzene rings is 4. The van der Waals surface area contributed by atoms with E-state index in [-0.39, 0.29) is 37.2 Å². The Morgan fingerprint density at radius 1 is 0.521 bits per heavy atom. The van der Waals surface area contributed by atoms with Crippen LogP contribution in [0.5, 0.6) is 11.5 Å². The molecule has 0 N–H and O–H groups in total. The largest absolute Gasteiger partial charge is 0.493 e. The SMILES string of the molecule is C.C1CCOC1.FC(F)(F)c1ccc(OC[C@H]2CCN(CC3(c4ccc(C(F)(F)F)cc4)CCC3)C2)cc1.O=C(N1CC[C@H](COc2ccc(C(F)(F)F)cc2)C1)C1(c2ccc(C(F)(F)F)cc2)CCC1. The maximum absolute atomic E-state index is 13.3. The quantitative estimate of drug-likeness (QED) is 0.140. The van der Waals surface area contributed by atoms with Crippen molar-refractivity contribution in [3.05, 3.63) is 130 Å². The maximum Gasteiger partial charge on any atom is 0.416 e. The summed E-state index contributed by atoms with van der Waals surface area (Å²) in [6.45, 7) is 6.14. The summed E-state index contributed by atoms with van der Waals surface area (Å²) < 4.78 is 170. The highest BCUT2D eigenvalue weighted by Crippen LogP contribution is 2.48. The van der Waals surface area contributed by atoms with Gasteiger partial charge in [-0.2, -0.15) is 52.7 Å². The number of alkyl halides is 12. The zero-order chi connectivity index (χ0) is 50.4. The zero-order valence-electron chi connectivity index (χ0n) is 38.4. The predicted molar refractivity (Wildman–Crippen MR) is 244 cm³/mol. The van der Waals surface area contributed by atoms with Gasteiger partial charge in [-0.25, -0.2) is 0 Å². The summed E-state index contributed by atoms with van der Waals surface area (Å²) in [6, 6.07) is 19.6. The number of carbonyl (C=O) groups excluding carboxylic acids is 1. The molecule has 5 aliphatic rings. The number of nitrogens with zero attached hydrogens (tertiary/aromatic N) is 2. The van der Waals surface area contributed by atoms with E-state index in [9.17, 15) is 57.5 Å². The van der Waals surface area contributed by atoms with Gasteiger partial charge in [0.05, 0.1) is 40.9 Å². The molecule has 2 saturated carbocycles. The van der Waals surface area contributed by atoms with Crippen LogP contribution in [-0.4, -0.2) is 74.9 Å². The first kappa shape index (κ1) is 55.3. The molecule has 1 amide bonds. The summed E-state index contributed by atoms with van der Waals surface area (Å²) >= 11 is 0. The van der Waals surface area contributed by atoms with Gasteiger partial charge in [0.2, 0.25) is 5.91 Å². The standard InChI is InChI=1S/C24H23F6NO2.C24H25F6NO.C4H8O.CH4/c25-23(26,27)18-4-2-17(3-5-18)22(11-1-12-22)21(32)31-13-10-16(14-31)15-33-20-8-6-19(7-9-20)24(28,29)30;25-23(26,27)19-4-2-18(3-5-19)22(11-1-12-22)16-31-13-10-17(14-31)15-32-21-8-6-20(7-9-21)24(28,29)30;1-2-4-5-3-1;/h2-9,16H,1,10-15H2;2-9,17H,1,10-16H2;1-4H2;1H4/t16-;17-;;/m00../s1. The Morgan fingerprint density at radius 2 is 0.915 bits per heavy atom. The van der Waals surface area contributed by atoms with Crippen molar-refractivity contribution in [3.63, 3.8) is 0 Å². The van der Waals surface area contributed by atoms with Crippen LogP contribution in [0.2, 0.25) is 0 Å². The van der Waals surface area contributed by atoms with Crippen molar-refractivity contribution in [2.45, 2.75) is 107 Å². The monoisotopic (exact) mass is 1020 g/mol. The second kappa shape index (κ2) is 22.8. The van der Waals surface area contributed by atoms with Gasteiger partial charge in [-0.1, -0.05) is 44.5 Å². The van der Waals surface area contributed by atoms with Crippen LogP contribution < -0.4 is 9.47 Å². The molecule has 0 unspecified atom stereocenters. The van der Waals surface area contributed by atoms with Crippen LogP contribution in [0, 0.1) is 11.8 Å². The third-order valence-corrected chi connectivity index (χ3v) is 14.1. The van der Waals surface area contributed by atoms with E-state index in [1.807, 2.05) is 0 Å². The van der Waals surface area contributed by atoms with Crippen molar-refractivity contribution in [1.82, 2.24) is 9.80 Å². The molecule has 18 heteroatoms. The number of rotatable bonds is 11. The molecule has 9 rings (SSSR count). The molecule has 0 radical (unpaired) electrons. The number of ether oxygens (including phenoxy) is 3. The van der Waals surface area contributed by atoms with Gasteiger partial charge >= 0.3 is 24.7 Å². The Labute approximate surface area is 406 Å². The molecule has 2 atom stereocenters. The molecule has 5 fully saturated rings. The minimum Gasteiger partial charge on any atom is -0.493 e. The van der Waals surface area contributed by atoms with E-state index in [1.165, 1.54) is 61.4 Å². The Morgan fingerprint density at radius 3 is 1.28 bits per heavy atom. The van der Waals surface area contributed by atoms with E-state index < -0.39 is 52.4 Å². The van der Waals surface area contributed by atoms with E-state index in [2.05, 4.69) is 4.90 Å². The number of hydrogen-bond acceptors (Lipinski definition) is 5. The van der Waals surface area contributed by atoms with Crippen LogP contribution in [0.25, 0.3) is 0 Å². The molecule has 4 aromatic carbocycles. The van der Waals surface area contributed by atoms with Crippen LogP contribution in [0.1, 0.15) is 105 Å². The topological polar surface area (TPSA) is 51.2 Å². The lowest BCUT2D eigenvalue weighted by Crippen LogP contribution is -2.50. The molecule has 3 aliphatic heterocycles. The van der Waals surface area contributed by atoms with E-state index in [0.29, 0.717) is 56.0 Å². The summed E-state index contributed by atoms with van der Waals surface area (Å²) in [5, 5.41) is 0. The van der Waals surface area contributed by atoms with Crippen molar-refractivity contribution in [1.29, 1.82) is 0 Å². The fraction of sp³-hybridized carbons (Fsp3) is 0.528. The molecule has 2 aliphatic carbocycles. The van der Waals surface area contributed by atoms with Crippen molar-refractivity contribution < 1.29 is 71.7 Å². The molecule has 0 bridgehead atoms. The number of hydrogen-bond donors (Lipinski definition) is 0. The van der Waals surface area contributed by atoms with Gasteiger partial charge < -0.3 is 24.0 Å². The first-order chi connectivity index (χ1) is 33.0. The van der Waals surface area contributed by atoms with Crippen LogP contribution >= 0.6 is 0 Å². The smallest absolute Gasteiger partial charge is 0.416 e. The minimum atomic E-state index is -4.43. The molecule has 4 aromatic rings. The van der Waals surface area contributed by atoms with Gasteiger partial charge in [0.25, 0.3) is 0 Å². The third kappa shape index (κ3) is 14.2. The summed E-state index contributed by atoms with van der Waals surface area (Å²) in [5.41, 5.74) is -2.14. The third-order valence-electron chi connectivity index (χ3n) is 14.1. The van der Waals surface area contributed by atoms with E-state index in [0.717, 1.165) is 107 Å². The first-order valence-electron chi connectivity index (χ1n) is 23.6. The average molecular weight is 1020 g/mol. The highest BCUT2D eigenvalue weighted by molar-refractivity contribution is 5.89. The fourth-order valence-corrected chi connectivity index (χ4v) is 9.78. The Balaban J connectivity index is 0.000000209. The zero-order valence-corrected chi connectivity index (χ0v) is 38.4. The van der Waals surface area contributed by atoms with Crippen molar-refractivity contribution in [3.8, 4) is 11.5 Å². The second-order valence-electron chi connectivity index (χ2n) is 19.0. The van der Waals surface area contributed by atoms with Crippen LogP contribution in [-0.2, 0) is 45.1 Å². The molecule has 3 saturated heterocycles. The molecule has 3 heterocycles. The van der Waals surface area contributed by atoms with Crippen LogP contribution in [0.4, 0.5) is 52.7 Å². The van der Waals surface area contributed by atoms with Gasteiger partial charge in [-0.15, -0.1) is 0 Å². The van der Waals surface area contributed by atoms with Gasteiger partial charge in [0, 0.05) is 56.6 Å². The summed E-state index contributed by atoms with van der Waals surface area (Å²) in [6.07, 6.45) is -8.35. The molecule has 0 spiro atoms. The summed E-state index contributed by atoms with van der Waals surface area (Å²) in [5.74, 6) is 0.957. The number of carbonyl (C=O) groups is 1. The number of likely N-dealkylation sites (tertiary alicyclic amines) is 2. The Bertz CT molecular complexity index is 2280. The summed E-state index contributed by atoms with van der Waals surface area (Å²) in [7, 11) is 0. The van der Waals surface area contributed by atoms with Crippen molar-refractivity contribution >= 4 is 5.91 Å². The normalized spacial score (nSPS) is 20.8. The van der Waals surface area contributed by atoms with Gasteiger partial charge in [-0.3, -0.25) is 4.79 Å². The van der Waals surface area contributed by atoms with Crippen molar-refractivity contribution in [2.75, 3.05) is 59.2 Å². The molecular weight excluding hydrogens is 957 g/mol. The fourth-order valence-electron chi connectivity index (χ4n) is 9.78. The highest BCUT2D eigenvalue weighted by Gasteiger charge is 2.49. The number of amides is 1.